The molecule has 0 heterocycles. The molecule has 0 N–H and O–H groups in total. The molecular formula is C20H34O9. The van der Waals surface area contributed by atoms with E-state index in [1.807, 2.05) is 13.8 Å². The molecule has 0 saturated heterocycles. The van der Waals surface area contributed by atoms with E-state index < -0.39 is 18.0 Å². The van der Waals surface area contributed by atoms with E-state index in [9.17, 15) is 19.2 Å². The molecule has 0 radical (unpaired) electrons. The van der Waals surface area contributed by atoms with Gasteiger partial charge in [-0.1, -0.05) is 0 Å². The minimum absolute atomic E-state index is 0.0680. The highest BCUT2D eigenvalue weighted by atomic mass is 16.6. The Labute approximate surface area is 172 Å². The summed E-state index contributed by atoms with van der Waals surface area (Å²) in [6.07, 6.45) is -1.69. The molecule has 0 aliphatic heterocycles. The maximum atomic E-state index is 11.4. The summed E-state index contributed by atoms with van der Waals surface area (Å²) in [5.74, 6) is -1.62. The van der Waals surface area contributed by atoms with E-state index in [2.05, 4.69) is 0 Å². The van der Waals surface area contributed by atoms with Crippen LogP contribution in [0.25, 0.3) is 0 Å². The number of carbonyl (C=O) groups is 4. The third-order valence-electron chi connectivity index (χ3n) is 3.44. The Morgan fingerprint density at radius 3 is 1.41 bits per heavy atom. The zero-order valence-electron chi connectivity index (χ0n) is 18.2. The molecule has 0 aliphatic carbocycles. The molecule has 9 nitrogen and oxygen atoms in total. The van der Waals surface area contributed by atoms with Gasteiger partial charge in [-0.2, -0.15) is 0 Å². The van der Waals surface area contributed by atoms with Crippen LogP contribution in [0.15, 0.2) is 0 Å². The van der Waals surface area contributed by atoms with Gasteiger partial charge in [-0.3, -0.25) is 19.2 Å². The minimum Gasteiger partial charge on any atom is -0.463 e. The lowest BCUT2D eigenvalue weighted by atomic mass is 10.3. The third kappa shape index (κ3) is 16.8. The minimum atomic E-state index is -0.565. The maximum Gasteiger partial charge on any atom is 0.313 e. The Morgan fingerprint density at radius 2 is 0.966 bits per heavy atom. The van der Waals surface area contributed by atoms with Crippen LogP contribution in [0.1, 0.15) is 54.4 Å². The first-order valence-electron chi connectivity index (χ1n) is 9.68. The summed E-state index contributed by atoms with van der Waals surface area (Å²) in [6.45, 7) is 10.7. The number of ketones is 2. The molecule has 0 aliphatic rings. The van der Waals surface area contributed by atoms with Crippen molar-refractivity contribution in [1.29, 1.82) is 0 Å². The van der Waals surface area contributed by atoms with Crippen LogP contribution in [0.2, 0.25) is 0 Å². The van der Waals surface area contributed by atoms with Gasteiger partial charge in [0.05, 0.1) is 38.1 Å². The van der Waals surface area contributed by atoms with Crippen molar-refractivity contribution in [3.8, 4) is 0 Å². The molecule has 4 atom stereocenters. The molecule has 0 aromatic rings. The van der Waals surface area contributed by atoms with Gasteiger partial charge in [0.15, 0.2) is 0 Å². The second-order valence-electron chi connectivity index (χ2n) is 7.17. The number of hydrogen-bond acceptors (Lipinski definition) is 9. The van der Waals surface area contributed by atoms with Crippen LogP contribution in [0.5, 0.6) is 0 Å². The monoisotopic (exact) mass is 418 g/mol. The molecular weight excluding hydrogens is 384 g/mol. The summed E-state index contributed by atoms with van der Waals surface area (Å²) >= 11 is 0. The van der Waals surface area contributed by atoms with Crippen LogP contribution in [0.3, 0.4) is 0 Å². The van der Waals surface area contributed by atoms with Crippen molar-refractivity contribution in [3.63, 3.8) is 0 Å². The lowest BCUT2D eigenvalue weighted by Gasteiger charge is -2.21. The predicted molar refractivity (Wildman–Crippen MR) is 103 cm³/mol. The second kappa shape index (κ2) is 15.1. The van der Waals surface area contributed by atoms with Gasteiger partial charge in [0.2, 0.25) is 0 Å². The van der Waals surface area contributed by atoms with Crippen LogP contribution >= 0.6 is 0 Å². The van der Waals surface area contributed by atoms with Gasteiger partial charge in [0.25, 0.3) is 0 Å². The maximum absolute atomic E-state index is 11.4. The van der Waals surface area contributed by atoms with Crippen LogP contribution in [0, 0.1) is 0 Å². The standard InChI is InChI=1S/C20H34O9/c1-13(21)7-19(23)28-11-17(5)26-9-15(3)25-10-16(4)27-12-18(6)29-20(24)8-14(2)22/h15-18H,7-12H2,1-6H3. The molecule has 168 valence electrons. The normalized spacial score (nSPS) is 15.1. The van der Waals surface area contributed by atoms with Gasteiger partial charge in [0.1, 0.15) is 37.1 Å². The summed E-state index contributed by atoms with van der Waals surface area (Å²) in [5, 5.41) is 0. The van der Waals surface area contributed by atoms with Crippen molar-refractivity contribution in [1.82, 2.24) is 0 Å². The molecule has 0 bridgehead atoms. The van der Waals surface area contributed by atoms with Crippen LogP contribution < -0.4 is 0 Å². The van der Waals surface area contributed by atoms with Gasteiger partial charge in [-0.05, 0) is 41.5 Å². The fourth-order valence-electron chi connectivity index (χ4n) is 2.01. The van der Waals surface area contributed by atoms with Crippen LogP contribution in [-0.2, 0) is 42.9 Å². The predicted octanol–water partition coefficient (Wildman–Crippen LogP) is 1.63. The Kier molecular flexibility index (Phi) is 14.1. The molecule has 0 amide bonds. The number of Topliss-reactive ketones (excluding diaryl/α,β-unsaturated/α-hetero) is 2. The van der Waals surface area contributed by atoms with E-state index in [1.54, 1.807) is 13.8 Å². The fraction of sp³-hybridized carbons (Fsp3) is 0.800. The number of carbonyl (C=O) groups excluding carboxylic acids is 4. The molecule has 0 spiro atoms. The third-order valence-corrected chi connectivity index (χ3v) is 3.44. The first-order valence-corrected chi connectivity index (χ1v) is 9.68. The van der Waals surface area contributed by atoms with E-state index in [0.717, 1.165) is 0 Å². The van der Waals surface area contributed by atoms with Gasteiger partial charge < -0.3 is 23.7 Å². The molecule has 29 heavy (non-hydrogen) atoms. The number of esters is 2. The van der Waals surface area contributed by atoms with Crippen molar-refractivity contribution >= 4 is 23.5 Å². The second-order valence-corrected chi connectivity index (χ2v) is 7.17. The van der Waals surface area contributed by atoms with E-state index >= 15 is 0 Å². The summed E-state index contributed by atoms with van der Waals surface area (Å²) < 4.78 is 26.8. The zero-order valence-corrected chi connectivity index (χ0v) is 18.2. The van der Waals surface area contributed by atoms with Crippen molar-refractivity contribution in [2.75, 3.05) is 26.4 Å². The lowest BCUT2D eigenvalue weighted by Crippen LogP contribution is -2.29. The van der Waals surface area contributed by atoms with Crippen LogP contribution in [-0.4, -0.2) is 74.3 Å². The van der Waals surface area contributed by atoms with Crippen molar-refractivity contribution < 1.29 is 42.9 Å². The average molecular weight is 418 g/mol. The van der Waals surface area contributed by atoms with E-state index in [4.69, 9.17) is 23.7 Å². The SMILES string of the molecule is CC(=O)CC(=O)OCC(C)OCC(C)OCC(C)OCC(C)OC(=O)CC(C)=O. The quantitative estimate of drug-likeness (QED) is 0.272. The van der Waals surface area contributed by atoms with E-state index in [0.29, 0.717) is 13.2 Å². The highest BCUT2D eigenvalue weighted by Gasteiger charge is 2.15. The van der Waals surface area contributed by atoms with E-state index in [-0.39, 0.29) is 55.9 Å². The largest absolute Gasteiger partial charge is 0.463 e. The highest BCUT2D eigenvalue weighted by molar-refractivity contribution is 5.94. The topological polar surface area (TPSA) is 114 Å². The zero-order chi connectivity index (χ0) is 22.4. The molecule has 4 unspecified atom stereocenters. The first kappa shape index (κ1) is 27.2. The Bertz CT molecular complexity index is 532. The molecule has 0 fully saturated rings. The highest BCUT2D eigenvalue weighted by Crippen LogP contribution is 2.03. The average Bonchev–Trinajstić information content (AvgIpc) is 2.59. The summed E-state index contributed by atoms with van der Waals surface area (Å²) in [7, 11) is 0. The number of hydrogen-bond donors (Lipinski definition) is 0. The van der Waals surface area contributed by atoms with Gasteiger partial charge >= 0.3 is 11.9 Å². The van der Waals surface area contributed by atoms with E-state index in [1.165, 1.54) is 13.8 Å². The summed E-state index contributed by atoms with van der Waals surface area (Å²) in [4.78, 5) is 44.4. The first-order chi connectivity index (χ1) is 13.5. The Morgan fingerprint density at radius 1 is 0.586 bits per heavy atom. The smallest absolute Gasteiger partial charge is 0.313 e. The Balaban J connectivity index is 3.88. The molecule has 9 heteroatoms. The summed E-state index contributed by atoms with van der Waals surface area (Å²) in [5.41, 5.74) is 0. The summed E-state index contributed by atoms with van der Waals surface area (Å²) in [6, 6.07) is 0. The van der Waals surface area contributed by atoms with Gasteiger partial charge in [0, 0.05) is 0 Å². The fourth-order valence-corrected chi connectivity index (χ4v) is 2.01. The molecule has 0 rings (SSSR count). The molecule has 0 aromatic carbocycles. The molecule has 0 aromatic heterocycles. The van der Waals surface area contributed by atoms with Gasteiger partial charge in [-0.15, -0.1) is 0 Å². The lowest BCUT2D eigenvalue weighted by molar-refractivity contribution is -0.154. The van der Waals surface area contributed by atoms with Crippen LogP contribution in [0.4, 0.5) is 0 Å². The number of rotatable bonds is 16. The Hall–Kier alpha value is -1.84. The van der Waals surface area contributed by atoms with Crippen molar-refractivity contribution in [2.24, 2.45) is 0 Å². The molecule has 0 saturated carbocycles. The van der Waals surface area contributed by atoms with Crippen molar-refractivity contribution in [2.45, 2.75) is 78.8 Å². The number of ether oxygens (including phenoxy) is 5. The van der Waals surface area contributed by atoms with Gasteiger partial charge in [-0.25, -0.2) is 0 Å². The van der Waals surface area contributed by atoms with Crippen molar-refractivity contribution in [3.05, 3.63) is 0 Å².